The molecule has 1 rings (SSSR count). The summed E-state index contributed by atoms with van der Waals surface area (Å²) < 4.78 is 10.5. The summed E-state index contributed by atoms with van der Waals surface area (Å²) in [4.78, 5) is 11.3. The Kier molecular flexibility index (Phi) is 4.73. The second-order valence-electron chi connectivity index (χ2n) is 4.96. The van der Waals surface area contributed by atoms with E-state index in [2.05, 4.69) is 4.74 Å². The third kappa shape index (κ3) is 4.04. The summed E-state index contributed by atoms with van der Waals surface area (Å²) in [5.41, 5.74) is 6.28. The zero-order valence-electron chi connectivity index (χ0n) is 11.4. The number of benzene rings is 1. The quantitative estimate of drug-likeness (QED) is 0.813. The van der Waals surface area contributed by atoms with Crippen molar-refractivity contribution in [1.29, 1.82) is 0 Å². The number of aryl methyl sites for hydroxylation is 1. The van der Waals surface area contributed by atoms with E-state index in [0.29, 0.717) is 6.42 Å². The highest BCUT2D eigenvalue weighted by Gasteiger charge is 2.28. The van der Waals surface area contributed by atoms with Gasteiger partial charge < -0.3 is 15.2 Å². The lowest BCUT2D eigenvalue weighted by Crippen LogP contribution is -2.41. The fourth-order valence-electron chi connectivity index (χ4n) is 1.77. The van der Waals surface area contributed by atoms with Crippen molar-refractivity contribution in [2.75, 3.05) is 7.11 Å². The summed E-state index contributed by atoms with van der Waals surface area (Å²) in [6.07, 6.45) is 0.397. The van der Waals surface area contributed by atoms with Crippen molar-refractivity contribution in [1.82, 2.24) is 0 Å². The molecule has 0 amide bonds. The Labute approximate surface area is 108 Å². The fraction of sp³-hybridized carbons (Fsp3) is 0.500. The van der Waals surface area contributed by atoms with E-state index in [1.165, 1.54) is 7.11 Å². The van der Waals surface area contributed by atoms with Crippen LogP contribution in [0.2, 0.25) is 0 Å². The predicted molar refractivity (Wildman–Crippen MR) is 70.5 cm³/mol. The van der Waals surface area contributed by atoms with Gasteiger partial charge in [-0.3, -0.25) is 4.79 Å². The number of para-hydroxylation sites is 1. The van der Waals surface area contributed by atoms with Gasteiger partial charge in [-0.15, -0.1) is 0 Å². The molecule has 2 N–H and O–H groups in total. The summed E-state index contributed by atoms with van der Waals surface area (Å²) in [7, 11) is 1.33. The molecule has 1 atom stereocenters. The van der Waals surface area contributed by atoms with Gasteiger partial charge in [0.05, 0.1) is 7.11 Å². The first-order valence-electron chi connectivity index (χ1n) is 5.94. The Morgan fingerprint density at radius 3 is 2.56 bits per heavy atom. The lowest BCUT2D eigenvalue weighted by Gasteiger charge is -2.29. The summed E-state index contributed by atoms with van der Waals surface area (Å²) in [6.45, 7) is 5.79. The van der Waals surface area contributed by atoms with E-state index < -0.39 is 17.6 Å². The monoisotopic (exact) mass is 251 g/mol. The van der Waals surface area contributed by atoms with Crippen LogP contribution in [0.5, 0.6) is 5.75 Å². The van der Waals surface area contributed by atoms with E-state index >= 15 is 0 Å². The van der Waals surface area contributed by atoms with Crippen molar-refractivity contribution in [2.24, 2.45) is 5.73 Å². The number of carbonyl (C=O) groups is 1. The number of methoxy groups -OCH3 is 1. The molecule has 1 unspecified atom stereocenters. The van der Waals surface area contributed by atoms with Gasteiger partial charge in [0, 0.05) is 6.42 Å². The van der Waals surface area contributed by atoms with E-state index in [-0.39, 0.29) is 0 Å². The minimum atomic E-state index is -0.672. The number of hydrogen-bond acceptors (Lipinski definition) is 4. The molecule has 100 valence electrons. The molecule has 0 aromatic heterocycles. The maximum Gasteiger partial charge on any atom is 0.322 e. The maximum atomic E-state index is 11.3. The Bertz CT molecular complexity index is 415. The molecule has 0 saturated heterocycles. The Morgan fingerprint density at radius 1 is 1.39 bits per heavy atom. The van der Waals surface area contributed by atoms with Crippen LogP contribution in [0, 0.1) is 6.92 Å². The van der Waals surface area contributed by atoms with Gasteiger partial charge in [-0.1, -0.05) is 18.2 Å². The third-order valence-electron chi connectivity index (χ3n) is 2.70. The second-order valence-corrected chi connectivity index (χ2v) is 4.96. The molecule has 0 saturated carbocycles. The molecule has 0 heterocycles. The van der Waals surface area contributed by atoms with Crippen molar-refractivity contribution in [3.63, 3.8) is 0 Å². The molecular formula is C14H21NO3. The molecule has 0 aliphatic rings. The van der Waals surface area contributed by atoms with Crippen LogP contribution in [-0.2, 0) is 9.53 Å². The number of hydrogen-bond donors (Lipinski definition) is 1. The van der Waals surface area contributed by atoms with Gasteiger partial charge in [0.15, 0.2) is 0 Å². The molecule has 4 nitrogen and oxygen atoms in total. The molecular weight excluding hydrogens is 230 g/mol. The van der Waals surface area contributed by atoms with Crippen LogP contribution in [0.25, 0.3) is 0 Å². The number of rotatable bonds is 5. The van der Waals surface area contributed by atoms with Crippen molar-refractivity contribution in [3.8, 4) is 5.75 Å². The zero-order valence-corrected chi connectivity index (χ0v) is 11.4. The van der Waals surface area contributed by atoms with Crippen LogP contribution in [0.4, 0.5) is 0 Å². The minimum Gasteiger partial charge on any atom is -0.488 e. The van der Waals surface area contributed by atoms with Crippen LogP contribution in [0.15, 0.2) is 24.3 Å². The van der Waals surface area contributed by atoms with Crippen molar-refractivity contribution < 1.29 is 14.3 Å². The van der Waals surface area contributed by atoms with E-state index in [4.69, 9.17) is 10.5 Å². The molecule has 0 bridgehead atoms. The van der Waals surface area contributed by atoms with Crippen LogP contribution < -0.4 is 10.5 Å². The number of nitrogens with two attached hydrogens (primary N) is 1. The van der Waals surface area contributed by atoms with Crippen molar-refractivity contribution in [2.45, 2.75) is 38.8 Å². The molecule has 18 heavy (non-hydrogen) atoms. The summed E-state index contributed by atoms with van der Waals surface area (Å²) in [6, 6.07) is 7.08. The highest BCUT2D eigenvalue weighted by Crippen LogP contribution is 2.25. The molecule has 0 spiro atoms. The standard InChI is InChI=1S/C14H21NO3/c1-10-7-5-6-8-12(10)18-14(2,3)9-11(15)13(16)17-4/h5-8,11H,9,15H2,1-4H3. The van der Waals surface area contributed by atoms with Gasteiger partial charge >= 0.3 is 5.97 Å². The van der Waals surface area contributed by atoms with E-state index in [1.54, 1.807) is 0 Å². The van der Waals surface area contributed by atoms with Crippen LogP contribution >= 0.6 is 0 Å². The average molecular weight is 251 g/mol. The van der Waals surface area contributed by atoms with Crippen LogP contribution in [0.3, 0.4) is 0 Å². The zero-order chi connectivity index (χ0) is 13.8. The van der Waals surface area contributed by atoms with Gasteiger partial charge in [0.2, 0.25) is 0 Å². The Hall–Kier alpha value is -1.55. The highest BCUT2D eigenvalue weighted by molar-refractivity contribution is 5.75. The molecule has 0 radical (unpaired) electrons. The van der Waals surface area contributed by atoms with Crippen molar-refractivity contribution >= 4 is 5.97 Å². The normalized spacial score (nSPS) is 12.9. The lowest BCUT2D eigenvalue weighted by atomic mass is 9.99. The van der Waals surface area contributed by atoms with Gasteiger partial charge in [-0.05, 0) is 32.4 Å². The first-order chi connectivity index (χ1) is 8.35. The molecule has 0 aliphatic carbocycles. The number of esters is 1. The van der Waals surface area contributed by atoms with Gasteiger partial charge in [0.25, 0.3) is 0 Å². The lowest BCUT2D eigenvalue weighted by molar-refractivity contribution is -0.143. The molecule has 1 aromatic rings. The molecule has 4 heteroatoms. The minimum absolute atomic E-state index is 0.397. The molecule has 1 aromatic carbocycles. The molecule has 0 aliphatic heterocycles. The largest absolute Gasteiger partial charge is 0.488 e. The SMILES string of the molecule is COC(=O)C(N)CC(C)(C)Oc1ccccc1C. The fourth-order valence-corrected chi connectivity index (χ4v) is 1.77. The van der Waals surface area contributed by atoms with Crippen LogP contribution in [-0.4, -0.2) is 24.7 Å². The van der Waals surface area contributed by atoms with Gasteiger partial charge in [-0.2, -0.15) is 0 Å². The topological polar surface area (TPSA) is 61.5 Å². The smallest absolute Gasteiger partial charge is 0.322 e. The predicted octanol–water partition coefficient (Wildman–Crippen LogP) is 2.04. The van der Waals surface area contributed by atoms with Gasteiger partial charge in [-0.25, -0.2) is 0 Å². The van der Waals surface area contributed by atoms with Gasteiger partial charge in [0.1, 0.15) is 17.4 Å². The summed E-state index contributed by atoms with van der Waals surface area (Å²) >= 11 is 0. The van der Waals surface area contributed by atoms with Crippen LogP contribution in [0.1, 0.15) is 25.8 Å². The average Bonchev–Trinajstić information content (AvgIpc) is 2.30. The first-order valence-corrected chi connectivity index (χ1v) is 5.94. The van der Waals surface area contributed by atoms with E-state index in [9.17, 15) is 4.79 Å². The highest BCUT2D eigenvalue weighted by atomic mass is 16.5. The maximum absolute atomic E-state index is 11.3. The molecule has 0 fully saturated rings. The number of ether oxygens (including phenoxy) is 2. The van der Waals surface area contributed by atoms with E-state index in [1.807, 2.05) is 45.0 Å². The van der Waals surface area contributed by atoms with Crippen molar-refractivity contribution in [3.05, 3.63) is 29.8 Å². The Morgan fingerprint density at radius 2 is 2.00 bits per heavy atom. The van der Waals surface area contributed by atoms with E-state index in [0.717, 1.165) is 11.3 Å². The Balaban J connectivity index is 2.70. The summed E-state index contributed by atoms with van der Waals surface area (Å²) in [5, 5.41) is 0. The second kappa shape index (κ2) is 5.87. The summed E-state index contributed by atoms with van der Waals surface area (Å²) in [5.74, 6) is 0.385. The first kappa shape index (κ1) is 14.5. The number of carbonyl (C=O) groups excluding carboxylic acids is 1. The third-order valence-corrected chi connectivity index (χ3v) is 2.70.